The topological polar surface area (TPSA) is 64.9 Å². The molecule has 0 N–H and O–H groups in total. The van der Waals surface area contributed by atoms with Crippen LogP contribution in [0.25, 0.3) is 11.4 Å². The van der Waals surface area contributed by atoms with Gasteiger partial charge in [0.05, 0.1) is 18.9 Å². The van der Waals surface area contributed by atoms with Crippen molar-refractivity contribution in [1.82, 2.24) is 19.4 Å². The van der Waals surface area contributed by atoms with E-state index < -0.39 is 0 Å². The Balaban J connectivity index is 1.29. The van der Waals surface area contributed by atoms with E-state index in [9.17, 15) is 0 Å². The molecule has 4 aromatic rings. The van der Waals surface area contributed by atoms with E-state index in [0.717, 1.165) is 91.2 Å². The van der Waals surface area contributed by atoms with Gasteiger partial charge in [0, 0.05) is 51.0 Å². The number of rotatable bonds is 11. The van der Waals surface area contributed by atoms with Gasteiger partial charge in [-0.2, -0.15) is 0 Å². The molecular formula is C33H38ClN5O3. The number of nitrogens with zero attached hydrogens (tertiary/aromatic N) is 5. The van der Waals surface area contributed by atoms with Crippen molar-refractivity contribution in [3.63, 3.8) is 0 Å². The molecule has 0 aliphatic carbocycles. The van der Waals surface area contributed by atoms with Crippen LogP contribution < -0.4 is 14.4 Å². The third-order valence-corrected chi connectivity index (χ3v) is 8.03. The number of aromatic nitrogens is 3. The third kappa shape index (κ3) is 6.72. The summed E-state index contributed by atoms with van der Waals surface area (Å²) >= 11 is 6.91. The molecule has 0 amide bonds. The Morgan fingerprint density at radius 2 is 1.62 bits per heavy atom. The highest BCUT2D eigenvalue weighted by atomic mass is 35.5. The molecule has 0 bridgehead atoms. The molecule has 0 spiro atoms. The first-order valence-electron chi connectivity index (χ1n) is 14.9. The van der Waals surface area contributed by atoms with E-state index in [2.05, 4.69) is 57.7 Å². The molecule has 220 valence electrons. The number of fused-ring (bicyclic) bond motifs is 1. The fourth-order valence-corrected chi connectivity index (χ4v) is 5.79. The number of benzene rings is 2. The largest absolute Gasteiger partial charge is 0.486 e. The van der Waals surface area contributed by atoms with Crippen molar-refractivity contribution < 1.29 is 14.2 Å². The van der Waals surface area contributed by atoms with Gasteiger partial charge in [-0.25, -0.2) is 9.97 Å². The summed E-state index contributed by atoms with van der Waals surface area (Å²) < 4.78 is 19.5. The van der Waals surface area contributed by atoms with E-state index in [0.29, 0.717) is 38.0 Å². The molecular weight excluding hydrogens is 550 g/mol. The Bertz CT molecular complexity index is 1450. The number of hydrogen-bond donors (Lipinski definition) is 0. The maximum atomic E-state index is 6.91. The van der Waals surface area contributed by atoms with Crippen LogP contribution in [0.1, 0.15) is 36.6 Å². The number of ether oxygens (including phenoxy) is 3. The van der Waals surface area contributed by atoms with Crippen molar-refractivity contribution in [2.75, 3.05) is 44.4 Å². The zero-order chi connectivity index (χ0) is 28.7. The van der Waals surface area contributed by atoms with Crippen LogP contribution in [0, 0.1) is 0 Å². The molecule has 9 heteroatoms. The van der Waals surface area contributed by atoms with Crippen LogP contribution in [0.3, 0.4) is 0 Å². The van der Waals surface area contributed by atoms with E-state index in [-0.39, 0.29) is 0 Å². The lowest BCUT2D eigenvalue weighted by molar-refractivity contribution is 0.122. The standard InChI is InChI=1S/C33H38ClN5O3/c1-2-3-13-39-28(32(34)36-33(39)27-7-5-4-6-8-27)24-37(22-25-9-11-29-30(20-25)42-19-18-41-29)23-26-10-12-31(35-21-26)38-14-16-40-17-15-38/h4-12,20-21H,2-3,13-19,22-24H2,1H3. The molecule has 2 aromatic carbocycles. The smallest absolute Gasteiger partial charge is 0.161 e. The number of unbranched alkanes of at least 4 members (excludes halogenated alkanes) is 1. The van der Waals surface area contributed by atoms with Crippen molar-refractivity contribution in [2.45, 2.75) is 45.9 Å². The van der Waals surface area contributed by atoms with Gasteiger partial charge in [-0.15, -0.1) is 0 Å². The van der Waals surface area contributed by atoms with E-state index in [4.69, 9.17) is 35.8 Å². The van der Waals surface area contributed by atoms with Gasteiger partial charge in [-0.3, -0.25) is 4.90 Å². The molecule has 2 aromatic heterocycles. The fraction of sp³-hybridized carbons (Fsp3) is 0.394. The second-order valence-corrected chi connectivity index (χ2v) is 11.1. The number of pyridine rings is 1. The van der Waals surface area contributed by atoms with Crippen LogP contribution in [-0.2, 0) is 30.9 Å². The van der Waals surface area contributed by atoms with Crippen LogP contribution in [0.5, 0.6) is 11.5 Å². The van der Waals surface area contributed by atoms with Crippen molar-refractivity contribution >= 4 is 17.4 Å². The SMILES string of the molecule is CCCCn1c(-c2ccccc2)nc(Cl)c1CN(Cc1ccc(N2CCOCC2)nc1)Cc1ccc2c(c1)OCCO2. The average molecular weight is 588 g/mol. The first-order valence-corrected chi connectivity index (χ1v) is 15.2. The van der Waals surface area contributed by atoms with Crippen LogP contribution in [0.2, 0.25) is 5.15 Å². The molecule has 8 nitrogen and oxygen atoms in total. The van der Waals surface area contributed by atoms with Gasteiger partial charge < -0.3 is 23.7 Å². The van der Waals surface area contributed by atoms with E-state index >= 15 is 0 Å². The fourth-order valence-electron chi connectivity index (χ4n) is 5.54. The zero-order valence-electron chi connectivity index (χ0n) is 24.2. The Hall–Kier alpha value is -3.59. The van der Waals surface area contributed by atoms with E-state index in [1.807, 2.05) is 30.5 Å². The maximum Gasteiger partial charge on any atom is 0.161 e. The summed E-state index contributed by atoms with van der Waals surface area (Å²) in [4.78, 5) is 14.3. The van der Waals surface area contributed by atoms with Crippen LogP contribution in [0.4, 0.5) is 5.82 Å². The summed E-state index contributed by atoms with van der Waals surface area (Å²) in [5.74, 6) is 3.51. The quantitative estimate of drug-likeness (QED) is 0.207. The number of morpholine rings is 1. The average Bonchev–Trinajstić information content (AvgIpc) is 3.35. The highest BCUT2D eigenvalue weighted by molar-refractivity contribution is 6.30. The van der Waals surface area contributed by atoms with Crippen molar-refractivity contribution in [3.05, 3.63) is 88.8 Å². The lowest BCUT2D eigenvalue weighted by Crippen LogP contribution is -2.36. The number of halogens is 1. The predicted molar refractivity (Wildman–Crippen MR) is 165 cm³/mol. The molecule has 0 atom stereocenters. The van der Waals surface area contributed by atoms with Gasteiger partial charge in [-0.05, 0) is 35.7 Å². The molecule has 1 fully saturated rings. The summed E-state index contributed by atoms with van der Waals surface area (Å²) in [5.41, 5.74) is 4.39. The molecule has 42 heavy (non-hydrogen) atoms. The van der Waals surface area contributed by atoms with E-state index in [1.54, 1.807) is 0 Å². The zero-order valence-corrected chi connectivity index (χ0v) is 24.9. The van der Waals surface area contributed by atoms with Crippen LogP contribution in [0.15, 0.2) is 66.9 Å². The second kappa shape index (κ2) is 13.6. The van der Waals surface area contributed by atoms with Crippen molar-refractivity contribution in [3.8, 4) is 22.9 Å². The summed E-state index contributed by atoms with van der Waals surface area (Å²) in [6, 6.07) is 20.8. The van der Waals surface area contributed by atoms with E-state index in [1.165, 1.54) is 0 Å². The molecule has 0 radical (unpaired) electrons. The minimum atomic E-state index is 0.554. The third-order valence-electron chi connectivity index (χ3n) is 7.73. The number of imidazole rings is 1. The van der Waals surface area contributed by atoms with Crippen LogP contribution in [-0.4, -0.2) is 59.0 Å². The second-order valence-electron chi connectivity index (χ2n) is 10.8. The van der Waals surface area contributed by atoms with Gasteiger partial charge in [0.15, 0.2) is 16.7 Å². The molecule has 2 aliphatic rings. The van der Waals surface area contributed by atoms with Crippen LogP contribution >= 0.6 is 11.6 Å². The number of anilines is 1. The van der Waals surface area contributed by atoms with Gasteiger partial charge >= 0.3 is 0 Å². The molecule has 0 saturated carbocycles. The molecule has 4 heterocycles. The van der Waals surface area contributed by atoms with Gasteiger partial charge in [0.25, 0.3) is 0 Å². The molecule has 2 aliphatic heterocycles. The van der Waals surface area contributed by atoms with Crippen molar-refractivity contribution in [2.24, 2.45) is 0 Å². The minimum absolute atomic E-state index is 0.554. The monoisotopic (exact) mass is 587 g/mol. The predicted octanol–water partition coefficient (Wildman–Crippen LogP) is 6.21. The minimum Gasteiger partial charge on any atom is -0.486 e. The highest BCUT2D eigenvalue weighted by Crippen LogP contribution is 2.32. The summed E-state index contributed by atoms with van der Waals surface area (Å²) in [7, 11) is 0. The van der Waals surface area contributed by atoms with Gasteiger partial charge in [0.2, 0.25) is 0 Å². The summed E-state index contributed by atoms with van der Waals surface area (Å²) in [6.45, 7) is 9.49. The highest BCUT2D eigenvalue weighted by Gasteiger charge is 2.21. The lowest BCUT2D eigenvalue weighted by Gasteiger charge is -2.28. The molecule has 6 rings (SSSR count). The lowest BCUT2D eigenvalue weighted by atomic mass is 10.1. The Morgan fingerprint density at radius 1 is 0.857 bits per heavy atom. The first-order chi connectivity index (χ1) is 20.7. The van der Waals surface area contributed by atoms with Gasteiger partial charge in [0.1, 0.15) is 24.9 Å². The molecule has 1 saturated heterocycles. The van der Waals surface area contributed by atoms with Gasteiger partial charge in [-0.1, -0.05) is 67.4 Å². The Morgan fingerprint density at radius 3 is 2.38 bits per heavy atom. The normalized spacial score (nSPS) is 14.9. The first kappa shape index (κ1) is 28.5. The van der Waals surface area contributed by atoms with Crippen molar-refractivity contribution in [1.29, 1.82) is 0 Å². The Labute approximate surface area is 252 Å². The summed E-state index contributed by atoms with van der Waals surface area (Å²) in [5, 5.41) is 0.554. The summed E-state index contributed by atoms with van der Waals surface area (Å²) in [6.07, 6.45) is 4.13. The maximum absolute atomic E-state index is 6.91. The Kier molecular flexibility index (Phi) is 9.23. The number of hydrogen-bond acceptors (Lipinski definition) is 7. The molecule has 0 unspecified atom stereocenters.